The van der Waals surface area contributed by atoms with Crippen molar-refractivity contribution in [3.63, 3.8) is 0 Å². The van der Waals surface area contributed by atoms with Crippen molar-refractivity contribution in [1.82, 2.24) is 0 Å². The summed E-state index contributed by atoms with van der Waals surface area (Å²) in [7, 11) is -3.34. The summed E-state index contributed by atoms with van der Waals surface area (Å²) >= 11 is 0. The van der Waals surface area contributed by atoms with E-state index in [1.165, 1.54) is 24.3 Å². The molecule has 82 valence electrons. The lowest BCUT2D eigenvalue weighted by atomic mass is 10.3. The minimum absolute atomic E-state index is 0.113. The Morgan fingerprint density at radius 1 is 1.20 bits per heavy atom. The Hall–Kier alpha value is -1.43. The van der Waals surface area contributed by atoms with Crippen molar-refractivity contribution in [3.8, 4) is 0 Å². The molecule has 0 atom stereocenters. The predicted molar refractivity (Wildman–Crippen MR) is 55.4 cm³/mol. The molecule has 0 unspecified atom stereocenters. The van der Waals surface area contributed by atoms with Crippen molar-refractivity contribution in [2.24, 2.45) is 0 Å². The highest BCUT2D eigenvalue weighted by Gasteiger charge is 2.19. The van der Waals surface area contributed by atoms with Gasteiger partial charge in [-0.15, -0.1) is 0 Å². The average molecular weight is 229 g/mol. The molecule has 0 saturated heterocycles. The Bertz CT molecular complexity index is 461. The molecule has 0 saturated carbocycles. The van der Waals surface area contributed by atoms with E-state index in [1.807, 2.05) is 0 Å². The number of rotatable bonds is 3. The monoisotopic (exact) mass is 229 g/mol. The lowest BCUT2D eigenvalue weighted by Crippen LogP contribution is -2.13. The largest absolute Gasteiger partial charge is 0.269 e. The molecule has 0 aliphatic rings. The first kappa shape index (κ1) is 11.6. The van der Waals surface area contributed by atoms with Gasteiger partial charge in [0.15, 0.2) is 9.84 Å². The standard InChI is InChI=1S/C9H11NO4S/c1-7(2)15(13,14)9-5-3-8(4-6-9)10(11)12/h3-7H,1-2H3. The number of hydrogen-bond acceptors (Lipinski definition) is 4. The number of hydrogen-bond donors (Lipinski definition) is 0. The van der Waals surface area contributed by atoms with Crippen LogP contribution in [0.4, 0.5) is 5.69 Å². The number of non-ortho nitro benzene ring substituents is 1. The van der Waals surface area contributed by atoms with Gasteiger partial charge < -0.3 is 0 Å². The molecular formula is C9H11NO4S. The van der Waals surface area contributed by atoms with Crippen LogP contribution in [0.3, 0.4) is 0 Å². The molecule has 0 radical (unpaired) electrons. The smallest absolute Gasteiger partial charge is 0.258 e. The van der Waals surface area contributed by atoms with Gasteiger partial charge in [-0.3, -0.25) is 10.1 Å². The Morgan fingerprint density at radius 3 is 2.00 bits per heavy atom. The predicted octanol–water partition coefficient (Wildman–Crippen LogP) is 1.78. The third-order valence-electron chi connectivity index (χ3n) is 2.00. The van der Waals surface area contributed by atoms with Crippen molar-refractivity contribution in [2.75, 3.05) is 0 Å². The first-order valence-corrected chi connectivity index (χ1v) is 5.88. The van der Waals surface area contributed by atoms with Crippen LogP contribution in [0.1, 0.15) is 13.8 Å². The summed E-state index contributed by atoms with van der Waals surface area (Å²) in [6, 6.07) is 4.89. The Morgan fingerprint density at radius 2 is 1.67 bits per heavy atom. The summed E-state index contributed by atoms with van der Waals surface area (Å²) < 4.78 is 23.3. The van der Waals surface area contributed by atoms with Gasteiger partial charge in [-0.2, -0.15) is 0 Å². The summed E-state index contributed by atoms with van der Waals surface area (Å²) in [6.07, 6.45) is 0. The molecule has 0 N–H and O–H groups in total. The van der Waals surface area contributed by atoms with Crippen LogP contribution in [0.25, 0.3) is 0 Å². The molecule has 6 heteroatoms. The molecule has 0 spiro atoms. The molecule has 0 aromatic heterocycles. The molecule has 0 bridgehead atoms. The molecule has 1 aromatic carbocycles. The SMILES string of the molecule is CC(C)S(=O)(=O)c1ccc([N+](=O)[O-])cc1. The van der Waals surface area contributed by atoms with Crippen LogP contribution in [0.5, 0.6) is 0 Å². The fraction of sp³-hybridized carbons (Fsp3) is 0.333. The normalized spacial score (nSPS) is 11.7. The zero-order valence-corrected chi connectivity index (χ0v) is 9.19. The van der Waals surface area contributed by atoms with Crippen LogP contribution in [0, 0.1) is 10.1 Å². The van der Waals surface area contributed by atoms with E-state index < -0.39 is 20.0 Å². The third kappa shape index (κ3) is 2.33. The van der Waals surface area contributed by atoms with Crippen LogP contribution >= 0.6 is 0 Å². The topological polar surface area (TPSA) is 77.3 Å². The third-order valence-corrected chi connectivity index (χ3v) is 4.17. The lowest BCUT2D eigenvalue weighted by molar-refractivity contribution is -0.384. The van der Waals surface area contributed by atoms with E-state index in [2.05, 4.69) is 0 Å². The molecule has 15 heavy (non-hydrogen) atoms. The van der Waals surface area contributed by atoms with Gasteiger partial charge in [-0.05, 0) is 26.0 Å². The minimum Gasteiger partial charge on any atom is -0.258 e. The Balaban J connectivity index is 3.15. The number of nitro benzene ring substituents is 1. The Kier molecular flexibility index (Phi) is 3.09. The average Bonchev–Trinajstić information content (AvgIpc) is 2.17. The van der Waals surface area contributed by atoms with Gasteiger partial charge in [-0.1, -0.05) is 0 Å². The number of nitrogens with zero attached hydrogens (tertiary/aromatic N) is 1. The summed E-state index contributed by atoms with van der Waals surface area (Å²) in [5, 5.41) is 9.82. The van der Waals surface area contributed by atoms with Crippen molar-refractivity contribution in [1.29, 1.82) is 0 Å². The summed E-state index contributed by atoms with van der Waals surface area (Å²) in [5.41, 5.74) is -0.113. The number of sulfone groups is 1. The first-order valence-electron chi connectivity index (χ1n) is 4.34. The lowest BCUT2D eigenvalue weighted by Gasteiger charge is -2.06. The number of benzene rings is 1. The molecule has 0 heterocycles. The van der Waals surface area contributed by atoms with E-state index in [1.54, 1.807) is 13.8 Å². The molecule has 1 aromatic rings. The second-order valence-corrected chi connectivity index (χ2v) is 5.85. The van der Waals surface area contributed by atoms with E-state index in [9.17, 15) is 18.5 Å². The highest BCUT2D eigenvalue weighted by Crippen LogP contribution is 2.19. The number of nitro groups is 1. The van der Waals surface area contributed by atoms with Crippen LogP contribution in [0.2, 0.25) is 0 Å². The molecule has 0 aliphatic heterocycles. The maximum atomic E-state index is 11.6. The highest BCUT2D eigenvalue weighted by atomic mass is 32.2. The van der Waals surface area contributed by atoms with E-state index in [-0.39, 0.29) is 10.6 Å². The maximum absolute atomic E-state index is 11.6. The zero-order valence-electron chi connectivity index (χ0n) is 8.38. The quantitative estimate of drug-likeness (QED) is 0.584. The first-order chi connectivity index (χ1) is 6.85. The molecular weight excluding hydrogens is 218 g/mol. The van der Waals surface area contributed by atoms with Crippen molar-refractivity contribution in [3.05, 3.63) is 34.4 Å². The van der Waals surface area contributed by atoms with Gasteiger partial charge in [0.2, 0.25) is 0 Å². The fourth-order valence-electron chi connectivity index (χ4n) is 1.03. The minimum atomic E-state index is -3.34. The van der Waals surface area contributed by atoms with Gasteiger partial charge in [0.05, 0.1) is 15.1 Å². The molecule has 0 amide bonds. The summed E-state index contributed by atoms with van der Waals surface area (Å²) in [6.45, 7) is 3.13. The molecule has 5 nitrogen and oxygen atoms in total. The van der Waals surface area contributed by atoms with Crippen molar-refractivity contribution in [2.45, 2.75) is 24.0 Å². The van der Waals surface area contributed by atoms with Gasteiger partial charge >= 0.3 is 0 Å². The molecule has 0 fully saturated rings. The van der Waals surface area contributed by atoms with E-state index >= 15 is 0 Å². The second-order valence-electron chi connectivity index (χ2n) is 3.34. The van der Waals surface area contributed by atoms with Crippen LogP contribution in [0.15, 0.2) is 29.2 Å². The van der Waals surface area contributed by atoms with Crippen LogP contribution in [-0.2, 0) is 9.84 Å². The van der Waals surface area contributed by atoms with Gasteiger partial charge in [0.25, 0.3) is 5.69 Å². The summed E-state index contributed by atoms with van der Waals surface area (Å²) in [5.74, 6) is 0. The maximum Gasteiger partial charge on any atom is 0.269 e. The zero-order chi connectivity index (χ0) is 11.6. The second kappa shape index (κ2) is 3.98. The van der Waals surface area contributed by atoms with Crippen molar-refractivity contribution >= 4 is 15.5 Å². The van der Waals surface area contributed by atoms with E-state index in [0.29, 0.717) is 0 Å². The molecule has 1 rings (SSSR count). The van der Waals surface area contributed by atoms with Gasteiger partial charge in [-0.25, -0.2) is 8.42 Å². The Labute approximate surface area is 87.8 Å². The fourth-order valence-corrected chi connectivity index (χ4v) is 2.09. The van der Waals surface area contributed by atoms with E-state index in [4.69, 9.17) is 0 Å². The van der Waals surface area contributed by atoms with Gasteiger partial charge in [0.1, 0.15) is 0 Å². The van der Waals surface area contributed by atoms with Crippen LogP contribution < -0.4 is 0 Å². The van der Waals surface area contributed by atoms with Crippen molar-refractivity contribution < 1.29 is 13.3 Å². The van der Waals surface area contributed by atoms with E-state index in [0.717, 1.165) is 0 Å². The molecule has 0 aliphatic carbocycles. The summed E-state index contributed by atoms with van der Waals surface area (Å²) in [4.78, 5) is 9.90. The van der Waals surface area contributed by atoms with Crippen LogP contribution in [-0.4, -0.2) is 18.6 Å². The highest BCUT2D eigenvalue weighted by molar-refractivity contribution is 7.92. The van der Waals surface area contributed by atoms with Gasteiger partial charge in [0, 0.05) is 12.1 Å².